The number of rotatable bonds is 8. The largest absolute Gasteiger partial charge is 0.541 e. The number of hydrogen-bond donors (Lipinski definition) is 0. The molecule has 0 spiro atoms. The van der Waals surface area contributed by atoms with Gasteiger partial charge in [0.15, 0.2) is 17.2 Å². The summed E-state index contributed by atoms with van der Waals surface area (Å²) >= 11 is 0. The van der Waals surface area contributed by atoms with Gasteiger partial charge in [-0.15, -0.1) is 0 Å². The van der Waals surface area contributed by atoms with Gasteiger partial charge >= 0.3 is 0 Å². The second kappa shape index (κ2) is 9.34. The molecule has 0 atom stereocenters. The molecule has 0 bridgehead atoms. The zero-order chi connectivity index (χ0) is 24.4. The minimum Gasteiger partial charge on any atom is -0.541 e. The lowest BCUT2D eigenvalue weighted by Crippen LogP contribution is -2.43. The number of hydrogen-bond acceptors (Lipinski definition) is 8. The minimum atomic E-state index is -2.08. The Kier molecular flexibility index (Phi) is 6.92. The van der Waals surface area contributed by atoms with Gasteiger partial charge in [-0.1, -0.05) is 25.9 Å². The van der Waals surface area contributed by atoms with Crippen LogP contribution in [0.1, 0.15) is 20.8 Å². The van der Waals surface area contributed by atoms with E-state index in [1.54, 1.807) is 40.6 Å². The van der Waals surface area contributed by atoms with Crippen molar-refractivity contribution < 1.29 is 27.9 Å². The van der Waals surface area contributed by atoms with Crippen molar-refractivity contribution in [3.05, 3.63) is 30.3 Å². The molecule has 1 aromatic heterocycles. The van der Waals surface area contributed by atoms with Gasteiger partial charge < -0.3 is 27.9 Å². The van der Waals surface area contributed by atoms with E-state index < -0.39 is 8.32 Å². The first-order valence-electron chi connectivity index (χ1n) is 10.6. The van der Waals surface area contributed by atoms with Crippen molar-refractivity contribution in [2.45, 2.75) is 38.9 Å². The third-order valence-electron chi connectivity index (χ3n) is 5.93. The Labute approximate surface area is 195 Å². The van der Waals surface area contributed by atoms with E-state index in [0.717, 1.165) is 5.56 Å². The maximum Gasteiger partial charge on any atom is 0.258 e. The lowest BCUT2D eigenvalue weighted by atomic mass is 10.1. The maximum atomic E-state index is 6.51. The number of methoxy groups -OCH3 is 4. The van der Waals surface area contributed by atoms with Crippen LogP contribution in [0.15, 0.2) is 34.9 Å². The normalized spacial score (nSPS) is 11.8. The Morgan fingerprint density at radius 3 is 1.85 bits per heavy atom. The number of nitrogens with zero attached hydrogens (tertiary/aromatic N) is 2. The van der Waals surface area contributed by atoms with Crippen molar-refractivity contribution in [2.75, 3.05) is 28.4 Å². The molecular formula is C24H32N2O6Si. The Balaban J connectivity index is 2.00. The molecular weight excluding hydrogens is 440 g/mol. The number of benzene rings is 2. The van der Waals surface area contributed by atoms with E-state index in [-0.39, 0.29) is 5.04 Å². The van der Waals surface area contributed by atoms with Gasteiger partial charge in [-0.2, -0.15) is 4.98 Å². The summed E-state index contributed by atoms with van der Waals surface area (Å²) in [4.78, 5) is 4.58. The lowest BCUT2D eigenvalue weighted by molar-refractivity contribution is 0.324. The van der Waals surface area contributed by atoms with Crippen LogP contribution in [0.5, 0.6) is 28.7 Å². The summed E-state index contributed by atoms with van der Waals surface area (Å²) in [5.74, 6) is 3.58. The first kappa shape index (κ1) is 24.4. The van der Waals surface area contributed by atoms with Crippen molar-refractivity contribution >= 4 is 8.32 Å². The fourth-order valence-corrected chi connectivity index (χ4v) is 4.00. The SMILES string of the molecule is COc1ccc(-c2noc(-c3cc(OC)c(OC)c(OC)c3)n2)cc1O[Si](C)(C)C(C)(C)C. The molecule has 0 aliphatic rings. The highest BCUT2D eigenvalue weighted by atomic mass is 28.4. The molecule has 0 N–H and O–H groups in total. The molecule has 2 aromatic carbocycles. The number of ether oxygens (including phenoxy) is 4. The summed E-state index contributed by atoms with van der Waals surface area (Å²) < 4.78 is 33.8. The Bertz CT molecular complexity index is 1100. The van der Waals surface area contributed by atoms with Crippen molar-refractivity contribution in [2.24, 2.45) is 0 Å². The minimum absolute atomic E-state index is 0.0415. The molecule has 0 fully saturated rings. The zero-order valence-electron chi connectivity index (χ0n) is 20.7. The van der Waals surface area contributed by atoms with E-state index in [0.29, 0.717) is 46.0 Å². The summed E-state index contributed by atoms with van der Waals surface area (Å²) in [6.07, 6.45) is 0. The second-order valence-electron chi connectivity index (χ2n) is 9.07. The van der Waals surface area contributed by atoms with Crippen LogP contribution in [0.4, 0.5) is 0 Å². The molecule has 33 heavy (non-hydrogen) atoms. The standard InChI is InChI=1S/C24H32N2O6Si/c1-24(2,3)33(8,9)32-18-12-15(10-11-17(18)27-4)22-25-23(31-26-22)16-13-19(28-5)21(30-7)20(14-16)29-6/h10-14H,1-9H3. The third kappa shape index (κ3) is 4.92. The molecule has 3 rings (SSSR count). The Hall–Kier alpha value is -3.20. The predicted molar refractivity (Wildman–Crippen MR) is 129 cm³/mol. The second-order valence-corrected chi connectivity index (χ2v) is 13.8. The van der Waals surface area contributed by atoms with Crippen LogP contribution in [0.3, 0.4) is 0 Å². The van der Waals surface area contributed by atoms with Gasteiger partial charge in [-0.05, 0) is 48.5 Å². The highest BCUT2D eigenvalue weighted by molar-refractivity contribution is 6.74. The van der Waals surface area contributed by atoms with Crippen LogP contribution in [0.25, 0.3) is 22.8 Å². The molecule has 0 unspecified atom stereocenters. The van der Waals surface area contributed by atoms with E-state index in [4.69, 9.17) is 27.9 Å². The van der Waals surface area contributed by atoms with Crippen molar-refractivity contribution in [3.63, 3.8) is 0 Å². The van der Waals surface area contributed by atoms with Crippen molar-refractivity contribution in [3.8, 4) is 51.6 Å². The summed E-state index contributed by atoms with van der Waals surface area (Å²) in [6.45, 7) is 11.0. The quantitative estimate of drug-likeness (QED) is 0.379. The van der Waals surface area contributed by atoms with Gasteiger partial charge in [0.25, 0.3) is 14.2 Å². The molecule has 8 nitrogen and oxygen atoms in total. The Morgan fingerprint density at radius 1 is 0.758 bits per heavy atom. The van der Waals surface area contributed by atoms with E-state index in [2.05, 4.69) is 44.0 Å². The van der Waals surface area contributed by atoms with Crippen LogP contribution >= 0.6 is 0 Å². The highest BCUT2D eigenvalue weighted by Crippen LogP contribution is 2.43. The summed E-state index contributed by atoms with van der Waals surface area (Å²) in [6, 6.07) is 9.15. The van der Waals surface area contributed by atoms with Crippen LogP contribution in [-0.4, -0.2) is 46.9 Å². The Morgan fingerprint density at radius 2 is 1.33 bits per heavy atom. The molecule has 3 aromatic rings. The van der Waals surface area contributed by atoms with Gasteiger partial charge in [0.2, 0.25) is 11.6 Å². The molecule has 0 saturated heterocycles. The van der Waals surface area contributed by atoms with E-state index in [1.165, 1.54) is 0 Å². The predicted octanol–water partition coefficient (Wildman–Crippen LogP) is 5.82. The molecule has 0 aliphatic heterocycles. The van der Waals surface area contributed by atoms with Crippen LogP contribution in [-0.2, 0) is 0 Å². The van der Waals surface area contributed by atoms with Gasteiger partial charge in [-0.3, -0.25) is 0 Å². The fourth-order valence-electron chi connectivity index (χ4n) is 2.99. The van der Waals surface area contributed by atoms with Crippen LogP contribution < -0.4 is 23.4 Å². The van der Waals surface area contributed by atoms with Gasteiger partial charge in [0, 0.05) is 11.1 Å². The van der Waals surface area contributed by atoms with E-state index in [1.807, 2.05) is 18.2 Å². The van der Waals surface area contributed by atoms with Crippen LogP contribution in [0, 0.1) is 0 Å². The smallest absolute Gasteiger partial charge is 0.258 e. The van der Waals surface area contributed by atoms with E-state index in [9.17, 15) is 0 Å². The van der Waals surface area contributed by atoms with Gasteiger partial charge in [-0.25, -0.2) is 0 Å². The molecule has 0 amide bonds. The first-order chi connectivity index (χ1) is 15.5. The van der Waals surface area contributed by atoms with Crippen LogP contribution in [0.2, 0.25) is 18.1 Å². The molecule has 0 radical (unpaired) electrons. The third-order valence-corrected chi connectivity index (χ3v) is 10.3. The molecule has 1 heterocycles. The topological polar surface area (TPSA) is 85.1 Å². The monoisotopic (exact) mass is 472 g/mol. The first-order valence-corrected chi connectivity index (χ1v) is 13.5. The van der Waals surface area contributed by atoms with E-state index >= 15 is 0 Å². The average Bonchev–Trinajstić information content (AvgIpc) is 3.27. The molecule has 0 aliphatic carbocycles. The van der Waals surface area contributed by atoms with Crippen molar-refractivity contribution in [1.29, 1.82) is 0 Å². The van der Waals surface area contributed by atoms with Gasteiger partial charge in [0.1, 0.15) is 5.75 Å². The van der Waals surface area contributed by atoms with Crippen molar-refractivity contribution in [1.82, 2.24) is 10.1 Å². The highest BCUT2D eigenvalue weighted by Gasteiger charge is 2.39. The summed E-state index contributed by atoms with van der Waals surface area (Å²) in [7, 11) is 4.22. The fraction of sp³-hybridized carbons (Fsp3) is 0.417. The number of aromatic nitrogens is 2. The lowest BCUT2D eigenvalue weighted by Gasteiger charge is -2.36. The maximum absolute atomic E-state index is 6.51. The molecule has 0 saturated carbocycles. The zero-order valence-corrected chi connectivity index (χ0v) is 21.7. The summed E-state index contributed by atoms with van der Waals surface area (Å²) in [5.41, 5.74) is 1.40. The molecule has 178 valence electrons. The van der Waals surface area contributed by atoms with Gasteiger partial charge in [0.05, 0.1) is 28.4 Å². The summed E-state index contributed by atoms with van der Waals surface area (Å²) in [5, 5.41) is 4.22. The molecule has 9 heteroatoms. The average molecular weight is 473 g/mol.